The van der Waals surface area contributed by atoms with E-state index in [1.165, 1.54) is 11.3 Å². The summed E-state index contributed by atoms with van der Waals surface area (Å²) in [5.74, 6) is 0. The smallest absolute Gasteiger partial charge is 0.252 e. The van der Waals surface area contributed by atoms with Gasteiger partial charge in [0.1, 0.15) is 4.21 Å². The normalized spacial score (nSPS) is 22.8. The summed E-state index contributed by atoms with van der Waals surface area (Å²) >= 11 is 1.28. The largest absolute Gasteiger partial charge is 0.330 e. The van der Waals surface area contributed by atoms with Crippen LogP contribution in [0.5, 0.6) is 0 Å². The molecule has 0 unspecified atom stereocenters. The van der Waals surface area contributed by atoms with E-state index in [1.807, 2.05) is 0 Å². The fraction of sp³-hybridized carbons (Fsp3) is 0.636. The maximum absolute atomic E-state index is 12.4. The first-order valence-corrected chi connectivity index (χ1v) is 8.23. The second kappa shape index (κ2) is 5.48. The van der Waals surface area contributed by atoms with E-state index in [4.69, 9.17) is 5.73 Å². The zero-order chi connectivity index (χ0) is 12.3. The van der Waals surface area contributed by atoms with Gasteiger partial charge in [0.2, 0.25) is 0 Å². The van der Waals surface area contributed by atoms with E-state index in [9.17, 15) is 8.42 Å². The number of sulfonamides is 1. The van der Waals surface area contributed by atoms with Crippen LogP contribution in [-0.4, -0.2) is 31.9 Å². The Kier molecular flexibility index (Phi) is 4.19. The van der Waals surface area contributed by atoms with Gasteiger partial charge in [0.15, 0.2) is 0 Å². The summed E-state index contributed by atoms with van der Waals surface area (Å²) < 4.78 is 27.0. The highest BCUT2D eigenvalue weighted by Gasteiger charge is 2.33. The number of hydrogen-bond donors (Lipinski definition) is 1. The summed E-state index contributed by atoms with van der Waals surface area (Å²) in [6, 6.07) is 3.54. The van der Waals surface area contributed by atoms with Gasteiger partial charge in [0, 0.05) is 12.6 Å². The van der Waals surface area contributed by atoms with E-state index in [1.54, 1.807) is 21.8 Å². The third-order valence-electron chi connectivity index (χ3n) is 3.13. The number of rotatable bonds is 4. The van der Waals surface area contributed by atoms with Crippen LogP contribution in [0.4, 0.5) is 0 Å². The molecule has 4 nitrogen and oxygen atoms in total. The minimum absolute atomic E-state index is 0.0841. The monoisotopic (exact) mass is 274 g/mol. The Hall–Kier alpha value is -0.430. The topological polar surface area (TPSA) is 63.4 Å². The molecule has 17 heavy (non-hydrogen) atoms. The molecule has 1 aromatic rings. The summed E-state index contributed by atoms with van der Waals surface area (Å²) in [6.45, 7) is 1.17. The van der Waals surface area contributed by atoms with Crippen LogP contribution in [0, 0.1) is 0 Å². The Morgan fingerprint density at radius 2 is 2.29 bits per heavy atom. The van der Waals surface area contributed by atoms with Crippen LogP contribution < -0.4 is 5.73 Å². The van der Waals surface area contributed by atoms with Crippen LogP contribution in [0.25, 0.3) is 0 Å². The summed E-state index contributed by atoms with van der Waals surface area (Å²) in [6.07, 6.45) is 3.74. The standard InChI is InChI=1S/C11H18N2O2S2/c12-7-6-10-4-1-2-8-13(10)17(14,15)11-5-3-9-16-11/h3,5,9-10H,1-2,4,6-8,12H2/t10-/m0/s1. The number of thiophene rings is 1. The van der Waals surface area contributed by atoms with Gasteiger partial charge >= 0.3 is 0 Å². The Balaban J connectivity index is 2.24. The molecule has 1 aliphatic heterocycles. The van der Waals surface area contributed by atoms with Gasteiger partial charge in [-0.1, -0.05) is 12.5 Å². The lowest BCUT2D eigenvalue weighted by molar-refractivity contribution is 0.243. The van der Waals surface area contributed by atoms with E-state index < -0.39 is 10.0 Å². The molecular formula is C11H18N2O2S2. The minimum Gasteiger partial charge on any atom is -0.330 e. The number of hydrogen-bond acceptors (Lipinski definition) is 4. The van der Waals surface area contributed by atoms with Crippen molar-refractivity contribution < 1.29 is 8.42 Å². The fourth-order valence-electron chi connectivity index (χ4n) is 2.30. The lowest BCUT2D eigenvalue weighted by Crippen LogP contribution is -2.44. The van der Waals surface area contributed by atoms with Gasteiger partial charge in [0.05, 0.1) is 0 Å². The molecule has 0 aromatic carbocycles. The van der Waals surface area contributed by atoms with Crippen molar-refractivity contribution in [2.24, 2.45) is 5.73 Å². The van der Waals surface area contributed by atoms with Crippen molar-refractivity contribution in [3.05, 3.63) is 17.5 Å². The Labute approximate surface area is 106 Å². The first kappa shape index (κ1) is 13.0. The van der Waals surface area contributed by atoms with Crippen molar-refractivity contribution in [1.82, 2.24) is 4.31 Å². The summed E-state index contributed by atoms with van der Waals surface area (Å²) in [4.78, 5) is 0. The molecule has 6 heteroatoms. The number of piperidine rings is 1. The number of nitrogens with zero attached hydrogens (tertiary/aromatic N) is 1. The van der Waals surface area contributed by atoms with Gasteiger partial charge in [-0.05, 0) is 37.3 Å². The molecule has 1 aliphatic rings. The molecule has 1 atom stereocenters. The third kappa shape index (κ3) is 2.70. The Morgan fingerprint density at radius 1 is 1.47 bits per heavy atom. The van der Waals surface area contributed by atoms with Gasteiger partial charge in [0.25, 0.3) is 10.0 Å². The molecule has 0 bridgehead atoms. The second-order valence-electron chi connectivity index (χ2n) is 4.27. The van der Waals surface area contributed by atoms with E-state index >= 15 is 0 Å². The molecular weight excluding hydrogens is 256 g/mol. The molecule has 0 saturated carbocycles. The average Bonchev–Trinajstić information content (AvgIpc) is 2.84. The average molecular weight is 274 g/mol. The summed E-state index contributed by atoms with van der Waals surface area (Å²) in [5.41, 5.74) is 5.56. The van der Waals surface area contributed by atoms with E-state index in [2.05, 4.69) is 0 Å². The molecule has 1 saturated heterocycles. The van der Waals surface area contributed by atoms with Gasteiger partial charge in [-0.2, -0.15) is 4.31 Å². The lowest BCUT2D eigenvalue weighted by Gasteiger charge is -2.34. The predicted molar refractivity (Wildman–Crippen MR) is 69.5 cm³/mol. The molecule has 2 N–H and O–H groups in total. The van der Waals surface area contributed by atoms with Crippen LogP contribution >= 0.6 is 11.3 Å². The van der Waals surface area contributed by atoms with Crippen molar-refractivity contribution in [3.63, 3.8) is 0 Å². The van der Waals surface area contributed by atoms with Crippen molar-refractivity contribution in [2.45, 2.75) is 35.9 Å². The highest BCUT2D eigenvalue weighted by atomic mass is 32.2. The zero-order valence-corrected chi connectivity index (χ0v) is 11.3. The minimum atomic E-state index is -3.29. The quantitative estimate of drug-likeness (QED) is 0.908. The van der Waals surface area contributed by atoms with Gasteiger partial charge in [-0.25, -0.2) is 8.42 Å². The predicted octanol–water partition coefficient (Wildman–Crippen LogP) is 1.64. The molecule has 2 heterocycles. The van der Waals surface area contributed by atoms with Gasteiger partial charge < -0.3 is 5.73 Å². The molecule has 0 spiro atoms. The second-order valence-corrected chi connectivity index (χ2v) is 7.34. The lowest BCUT2D eigenvalue weighted by atomic mass is 10.0. The van der Waals surface area contributed by atoms with Crippen LogP contribution in [0.3, 0.4) is 0 Å². The molecule has 0 radical (unpaired) electrons. The number of nitrogens with two attached hydrogens (primary N) is 1. The highest BCUT2D eigenvalue weighted by molar-refractivity contribution is 7.91. The SMILES string of the molecule is NCC[C@@H]1CCCCN1S(=O)(=O)c1cccs1. The maximum atomic E-state index is 12.4. The van der Waals surface area contributed by atoms with Crippen molar-refractivity contribution in [1.29, 1.82) is 0 Å². The van der Waals surface area contributed by atoms with Gasteiger partial charge in [-0.3, -0.25) is 0 Å². The van der Waals surface area contributed by atoms with Crippen molar-refractivity contribution in [3.8, 4) is 0 Å². The van der Waals surface area contributed by atoms with Crippen LogP contribution in [0.15, 0.2) is 21.7 Å². The summed E-state index contributed by atoms with van der Waals surface area (Å²) in [5, 5.41) is 1.80. The maximum Gasteiger partial charge on any atom is 0.252 e. The van der Waals surface area contributed by atoms with Crippen LogP contribution in [0.2, 0.25) is 0 Å². The van der Waals surface area contributed by atoms with E-state index in [-0.39, 0.29) is 6.04 Å². The van der Waals surface area contributed by atoms with E-state index in [0.29, 0.717) is 17.3 Å². The first-order chi connectivity index (χ1) is 8.16. The fourth-order valence-corrected chi connectivity index (χ4v) is 5.14. The van der Waals surface area contributed by atoms with Crippen LogP contribution in [-0.2, 0) is 10.0 Å². The van der Waals surface area contributed by atoms with E-state index in [0.717, 1.165) is 25.7 Å². The molecule has 0 amide bonds. The van der Waals surface area contributed by atoms with Crippen molar-refractivity contribution >= 4 is 21.4 Å². The summed E-state index contributed by atoms with van der Waals surface area (Å²) in [7, 11) is -3.29. The highest BCUT2D eigenvalue weighted by Crippen LogP contribution is 2.28. The Bertz CT molecular complexity index is 440. The molecule has 96 valence electrons. The first-order valence-electron chi connectivity index (χ1n) is 5.91. The molecule has 2 rings (SSSR count). The third-order valence-corrected chi connectivity index (χ3v) is 6.46. The Morgan fingerprint density at radius 3 is 2.94 bits per heavy atom. The van der Waals surface area contributed by atoms with Gasteiger partial charge in [-0.15, -0.1) is 11.3 Å². The molecule has 1 fully saturated rings. The molecule has 0 aliphatic carbocycles. The zero-order valence-electron chi connectivity index (χ0n) is 9.71. The van der Waals surface area contributed by atoms with Crippen LogP contribution in [0.1, 0.15) is 25.7 Å². The van der Waals surface area contributed by atoms with Crippen molar-refractivity contribution in [2.75, 3.05) is 13.1 Å². The molecule has 1 aromatic heterocycles.